The number of rotatable bonds is 5. The molecule has 0 aliphatic rings. The molecule has 4 nitrogen and oxygen atoms in total. The average Bonchev–Trinajstić information content (AvgIpc) is 3.15. The molecule has 2 aromatic carbocycles. The molecule has 3 aromatic rings. The van der Waals surface area contributed by atoms with Crippen LogP contribution in [0.15, 0.2) is 48.0 Å². The lowest BCUT2D eigenvalue weighted by molar-refractivity contribution is 0.103. The minimum absolute atomic E-state index is 0.00234. The molecule has 0 N–H and O–H groups in total. The Morgan fingerprint density at radius 2 is 1.88 bits per heavy atom. The van der Waals surface area contributed by atoms with E-state index in [2.05, 4.69) is 4.98 Å². The van der Waals surface area contributed by atoms with Crippen LogP contribution in [0.3, 0.4) is 0 Å². The fourth-order valence-electron chi connectivity index (χ4n) is 2.33. The van der Waals surface area contributed by atoms with Gasteiger partial charge in [-0.2, -0.15) is 0 Å². The second kappa shape index (κ2) is 6.80. The van der Waals surface area contributed by atoms with Crippen molar-refractivity contribution in [3.05, 3.63) is 64.9 Å². The van der Waals surface area contributed by atoms with Gasteiger partial charge >= 0.3 is 0 Å². The zero-order valence-electron chi connectivity index (χ0n) is 13.1. The number of nitrogens with zero attached hydrogens (tertiary/aromatic N) is 1. The molecule has 0 fully saturated rings. The van der Waals surface area contributed by atoms with E-state index < -0.39 is 11.6 Å². The number of thiazole rings is 1. The molecule has 122 valence electrons. The minimum Gasteiger partial charge on any atom is -0.493 e. The van der Waals surface area contributed by atoms with Crippen LogP contribution in [0, 0.1) is 5.82 Å². The SMILES string of the molecule is COc1ccc(C(=O)c2ccc(-c3nccs3)cc2F)cc1OC. The third-order valence-electron chi connectivity index (χ3n) is 3.54. The van der Waals surface area contributed by atoms with Gasteiger partial charge in [0.2, 0.25) is 0 Å². The molecular weight excluding hydrogens is 329 g/mol. The van der Waals surface area contributed by atoms with Crippen LogP contribution >= 0.6 is 11.3 Å². The quantitative estimate of drug-likeness (QED) is 0.652. The van der Waals surface area contributed by atoms with E-state index in [9.17, 15) is 9.18 Å². The summed E-state index contributed by atoms with van der Waals surface area (Å²) in [6.45, 7) is 0. The van der Waals surface area contributed by atoms with E-state index in [-0.39, 0.29) is 5.56 Å². The molecule has 1 aromatic heterocycles. The Labute approximate surface area is 142 Å². The van der Waals surface area contributed by atoms with Gasteiger partial charge < -0.3 is 9.47 Å². The first-order chi connectivity index (χ1) is 11.6. The predicted octanol–water partition coefficient (Wildman–Crippen LogP) is 4.20. The Hall–Kier alpha value is -2.73. The lowest BCUT2D eigenvalue weighted by Gasteiger charge is -2.10. The molecule has 0 unspecified atom stereocenters. The smallest absolute Gasteiger partial charge is 0.196 e. The van der Waals surface area contributed by atoms with Gasteiger partial charge in [0.25, 0.3) is 0 Å². The Morgan fingerprint density at radius 3 is 2.50 bits per heavy atom. The Balaban J connectivity index is 1.95. The highest BCUT2D eigenvalue weighted by Crippen LogP contribution is 2.30. The maximum atomic E-state index is 14.4. The zero-order valence-corrected chi connectivity index (χ0v) is 13.9. The number of hydrogen-bond acceptors (Lipinski definition) is 5. The number of benzene rings is 2. The summed E-state index contributed by atoms with van der Waals surface area (Å²) >= 11 is 1.41. The molecule has 0 aliphatic carbocycles. The molecule has 0 amide bonds. The van der Waals surface area contributed by atoms with Crippen LogP contribution in [0.5, 0.6) is 11.5 Å². The highest BCUT2D eigenvalue weighted by molar-refractivity contribution is 7.13. The van der Waals surface area contributed by atoms with Crippen molar-refractivity contribution in [2.24, 2.45) is 0 Å². The lowest BCUT2D eigenvalue weighted by Crippen LogP contribution is -2.05. The van der Waals surface area contributed by atoms with Crippen molar-refractivity contribution < 1.29 is 18.7 Å². The van der Waals surface area contributed by atoms with Crippen molar-refractivity contribution in [1.82, 2.24) is 4.98 Å². The predicted molar refractivity (Wildman–Crippen MR) is 90.5 cm³/mol. The summed E-state index contributed by atoms with van der Waals surface area (Å²) in [5, 5.41) is 2.52. The van der Waals surface area contributed by atoms with Crippen molar-refractivity contribution in [3.63, 3.8) is 0 Å². The molecule has 0 saturated heterocycles. The highest BCUT2D eigenvalue weighted by atomic mass is 32.1. The van der Waals surface area contributed by atoms with Gasteiger partial charge in [-0.1, -0.05) is 6.07 Å². The van der Waals surface area contributed by atoms with E-state index in [1.54, 1.807) is 24.4 Å². The van der Waals surface area contributed by atoms with Crippen LogP contribution in [-0.2, 0) is 0 Å². The number of aromatic nitrogens is 1. The summed E-state index contributed by atoms with van der Waals surface area (Å²) in [7, 11) is 2.99. The summed E-state index contributed by atoms with van der Waals surface area (Å²) < 4.78 is 24.7. The van der Waals surface area contributed by atoms with Crippen molar-refractivity contribution in [3.8, 4) is 22.1 Å². The van der Waals surface area contributed by atoms with Crippen LogP contribution in [0.4, 0.5) is 4.39 Å². The van der Waals surface area contributed by atoms with E-state index in [0.717, 1.165) is 0 Å². The van der Waals surface area contributed by atoms with Gasteiger partial charge in [0, 0.05) is 22.7 Å². The normalized spacial score (nSPS) is 10.5. The summed E-state index contributed by atoms with van der Waals surface area (Å²) in [4.78, 5) is 16.7. The Bertz CT molecular complexity index is 878. The van der Waals surface area contributed by atoms with E-state index in [0.29, 0.717) is 27.6 Å². The van der Waals surface area contributed by atoms with Gasteiger partial charge in [-0.05, 0) is 30.3 Å². The lowest BCUT2D eigenvalue weighted by atomic mass is 10.0. The molecule has 0 atom stereocenters. The topological polar surface area (TPSA) is 48.4 Å². The standard InChI is InChI=1S/C18H14FNO3S/c1-22-15-6-4-11(10-16(15)23-2)17(21)13-5-3-12(9-14(13)19)18-20-7-8-24-18/h3-10H,1-2H3. The molecule has 6 heteroatoms. The van der Waals surface area contributed by atoms with Crippen LogP contribution < -0.4 is 9.47 Å². The first-order valence-corrected chi connectivity index (χ1v) is 7.98. The molecular formula is C18H14FNO3S. The van der Waals surface area contributed by atoms with Crippen molar-refractivity contribution in [2.75, 3.05) is 14.2 Å². The fourth-order valence-corrected chi connectivity index (χ4v) is 2.97. The monoisotopic (exact) mass is 343 g/mol. The van der Waals surface area contributed by atoms with Crippen LogP contribution in [0.2, 0.25) is 0 Å². The molecule has 0 bridgehead atoms. The number of ketones is 1. The van der Waals surface area contributed by atoms with Gasteiger partial charge in [-0.3, -0.25) is 4.79 Å². The van der Waals surface area contributed by atoms with Crippen molar-refractivity contribution in [2.45, 2.75) is 0 Å². The van der Waals surface area contributed by atoms with Crippen LogP contribution in [-0.4, -0.2) is 25.0 Å². The third kappa shape index (κ3) is 3.00. The Kier molecular flexibility index (Phi) is 4.57. The number of halogens is 1. The van der Waals surface area contributed by atoms with E-state index in [1.807, 2.05) is 5.38 Å². The summed E-state index contributed by atoms with van der Waals surface area (Å²) in [5.41, 5.74) is 0.974. The minimum atomic E-state index is -0.581. The molecule has 0 radical (unpaired) electrons. The van der Waals surface area contributed by atoms with Crippen molar-refractivity contribution in [1.29, 1.82) is 0 Å². The maximum Gasteiger partial charge on any atom is 0.196 e. The van der Waals surface area contributed by atoms with Gasteiger partial charge in [0.1, 0.15) is 10.8 Å². The van der Waals surface area contributed by atoms with E-state index in [1.165, 1.54) is 43.8 Å². The molecule has 1 heterocycles. The van der Waals surface area contributed by atoms with Gasteiger partial charge in [-0.15, -0.1) is 11.3 Å². The van der Waals surface area contributed by atoms with Crippen LogP contribution in [0.1, 0.15) is 15.9 Å². The number of ether oxygens (including phenoxy) is 2. The molecule has 24 heavy (non-hydrogen) atoms. The second-order valence-corrected chi connectivity index (χ2v) is 5.83. The number of hydrogen-bond donors (Lipinski definition) is 0. The number of methoxy groups -OCH3 is 2. The molecule has 3 rings (SSSR count). The van der Waals surface area contributed by atoms with Crippen LogP contribution in [0.25, 0.3) is 10.6 Å². The molecule has 0 aliphatic heterocycles. The van der Waals surface area contributed by atoms with Crippen molar-refractivity contribution >= 4 is 17.1 Å². The summed E-state index contributed by atoms with van der Waals surface area (Å²) in [5.74, 6) is -0.0709. The number of carbonyl (C=O) groups is 1. The van der Waals surface area contributed by atoms with E-state index >= 15 is 0 Å². The summed E-state index contributed by atoms with van der Waals surface area (Å²) in [6, 6.07) is 9.23. The molecule has 0 saturated carbocycles. The third-order valence-corrected chi connectivity index (χ3v) is 4.36. The first kappa shape index (κ1) is 16.1. The number of carbonyl (C=O) groups excluding carboxylic acids is 1. The molecule has 0 spiro atoms. The zero-order chi connectivity index (χ0) is 17.1. The van der Waals surface area contributed by atoms with Gasteiger partial charge in [0.15, 0.2) is 17.3 Å². The highest BCUT2D eigenvalue weighted by Gasteiger charge is 2.17. The largest absolute Gasteiger partial charge is 0.493 e. The summed E-state index contributed by atoms with van der Waals surface area (Å²) in [6.07, 6.45) is 1.65. The van der Waals surface area contributed by atoms with E-state index in [4.69, 9.17) is 9.47 Å². The fraction of sp³-hybridized carbons (Fsp3) is 0.111. The Morgan fingerprint density at radius 1 is 1.08 bits per heavy atom. The average molecular weight is 343 g/mol. The maximum absolute atomic E-state index is 14.4. The van der Waals surface area contributed by atoms with Gasteiger partial charge in [-0.25, -0.2) is 9.37 Å². The second-order valence-electron chi connectivity index (χ2n) is 4.93. The van der Waals surface area contributed by atoms with Gasteiger partial charge in [0.05, 0.1) is 19.8 Å². The first-order valence-electron chi connectivity index (χ1n) is 7.10.